The van der Waals surface area contributed by atoms with Crippen molar-refractivity contribution in [1.29, 1.82) is 0 Å². The third-order valence-electron chi connectivity index (χ3n) is 4.29. The second-order valence-corrected chi connectivity index (χ2v) is 6.54. The van der Waals surface area contributed by atoms with E-state index in [-0.39, 0.29) is 6.03 Å². The summed E-state index contributed by atoms with van der Waals surface area (Å²) in [4.78, 5) is 16.6. The molecule has 22 heavy (non-hydrogen) atoms. The molecule has 0 atom stereocenters. The molecule has 0 aromatic heterocycles. The number of rotatable bonds is 2. The predicted molar refractivity (Wildman–Crippen MR) is 90.8 cm³/mol. The zero-order valence-electron chi connectivity index (χ0n) is 12.3. The summed E-state index contributed by atoms with van der Waals surface area (Å²) in [5, 5.41) is 3.88. The van der Waals surface area contributed by atoms with Crippen LogP contribution in [-0.2, 0) is 0 Å². The number of hydrogen-bond acceptors (Lipinski definition) is 2. The van der Waals surface area contributed by atoms with Crippen LogP contribution in [0.25, 0.3) is 0 Å². The first kappa shape index (κ1) is 15.7. The largest absolute Gasteiger partial charge is 0.324 e. The van der Waals surface area contributed by atoms with Gasteiger partial charge < -0.3 is 10.2 Å². The van der Waals surface area contributed by atoms with Gasteiger partial charge in [0, 0.05) is 37.2 Å². The lowest BCUT2D eigenvalue weighted by Crippen LogP contribution is -2.47. The Hall–Kier alpha value is -1.23. The van der Waals surface area contributed by atoms with Crippen molar-refractivity contribution in [2.45, 2.75) is 18.9 Å². The first-order chi connectivity index (χ1) is 10.6. The minimum atomic E-state index is -0.0952. The summed E-state index contributed by atoms with van der Waals surface area (Å²) in [7, 11) is 0. The number of nitrogens with one attached hydrogen (secondary N) is 1. The number of hydrogen-bond donors (Lipinski definition) is 1. The summed E-state index contributed by atoms with van der Waals surface area (Å²) in [5.74, 6) is 0. The van der Waals surface area contributed by atoms with Gasteiger partial charge >= 0.3 is 6.03 Å². The van der Waals surface area contributed by atoms with E-state index in [1.54, 1.807) is 18.2 Å². The van der Waals surface area contributed by atoms with Crippen LogP contribution in [0.4, 0.5) is 10.5 Å². The van der Waals surface area contributed by atoms with Crippen molar-refractivity contribution in [3.05, 3.63) is 40.4 Å². The van der Waals surface area contributed by atoms with Crippen molar-refractivity contribution in [2.24, 2.45) is 0 Å². The molecule has 118 valence electrons. The monoisotopic (exact) mass is 339 g/mol. The molecule has 1 saturated heterocycles. The molecule has 0 unspecified atom stereocenters. The Morgan fingerprint density at radius 3 is 2.45 bits per heavy atom. The number of urea groups is 1. The van der Waals surface area contributed by atoms with E-state index in [2.05, 4.69) is 22.4 Å². The van der Waals surface area contributed by atoms with Gasteiger partial charge in [-0.05, 0) is 31.0 Å². The highest BCUT2D eigenvalue weighted by Gasteiger charge is 2.27. The fourth-order valence-electron chi connectivity index (χ4n) is 3.01. The first-order valence-electron chi connectivity index (χ1n) is 7.53. The van der Waals surface area contributed by atoms with Crippen LogP contribution in [0, 0.1) is 0 Å². The molecule has 0 spiro atoms. The van der Waals surface area contributed by atoms with Gasteiger partial charge in [-0.15, -0.1) is 0 Å². The number of carbonyl (C=O) groups excluding carboxylic acids is 1. The Bertz CT molecular complexity index is 575. The van der Waals surface area contributed by atoms with E-state index >= 15 is 0 Å². The number of nitrogens with zero attached hydrogens (tertiary/aromatic N) is 2. The Balaban J connectivity index is 1.53. The van der Waals surface area contributed by atoms with E-state index < -0.39 is 0 Å². The van der Waals surface area contributed by atoms with E-state index in [9.17, 15) is 4.79 Å². The van der Waals surface area contributed by atoms with Crippen LogP contribution in [0.15, 0.2) is 30.4 Å². The highest BCUT2D eigenvalue weighted by Crippen LogP contribution is 2.26. The maximum absolute atomic E-state index is 12.3. The number of benzene rings is 1. The Morgan fingerprint density at radius 1 is 1.14 bits per heavy atom. The van der Waals surface area contributed by atoms with Crippen molar-refractivity contribution in [2.75, 3.05) is 31.5 Å². The van der Waals surface area contributed by atoms with Gasteiger partial charge in [-0.2, -0.15) is 0 Å². The molecule has 4 nitrogen and oxygen atoms in total. The third-order valence-corrected chi connectivity index (χ3v) is 4.84. The summed E-state index contributed by atoms with van der Waals surface area (Å²) in [6.07, 6.45) is 6.45. The SMILES string of the molecule is O=C(Nc1ccc(Cl)cc1Cl)N1CCC(N2CC=CC2)CC1. The standard InChI is InChI=1S/C16H19Cl2N3O/c17-12-3-4-15(14(18)11-12)19-16(22)21-9-5-13(6-10-21)20-7-1-2-8-20/h1-4,11,13H,5-10H2,(H,19,22). The van der Waals surface area contributed by atoms with Gasteiger partial charge in [-0.25, -0.2) is 4.79 Å². The van der Waals surface area contributed by atoms with Crippen LogP contribution in [0.3, 0.4) is 0 Å². The van der Waals surface area contributed by atoms with E-state index in [0.717, 1.165) is 39.0 Å². The molecule has 2 aliphatic heterocycles. The second-order valence-electron chi connectivity index (χ2n) is 5.70. The van der Waals surface area contributed by atoms with Gasteiger partial charge in [0.2, 0.25) is 0 Å². The van der Waals surface area contributed by atoms with Gasteiger partial charge in [0.05, 0.1) is 10.7 Å². The molecule has 1 aromatic carbocycles. The highest BCUT2D eigenvalue weighted by molar-refractivity contribution is 6.36. The van der Waals surface area contributed by atoms with Crippen LogP contribution in [0.5, 0.6) is 0 Å². The van der Waals surface area contributed by atoms with Crippen LogP contribution in [0.2, 0.25) is 10.0 Å². The van der Waals surface area contributed by atoms with Crippen LogP contribution in [0.1, 0.15) is 12.8 Å². The zero-order valence-corrected chi connectivity index (χ0v) is 13.8. The lowest BCUT2D eigenvalue weighted by molar-refractivity contribution is 0.144. The summed E-state index contributed by atoms with van der Waals surface area (Å²) >= 11 is 12.0. The van der Waals surface area contributed by atoms with Crippen molar-refractivity contribution < 1.29 is 4.79 Å². The molecule has 0 saturated carbocycles. The maximum Gasteiger partial charge on any atom is 0.321 e. The van der Waals surface area contributed by atoms with E-state index in [4.69, 9.17) is 23.2 Å². The Labute approximate surface area is 140 Å². The minimum Gasteiger partial charge on any atom is -0.324 e. The summed E-state index contributed by atoms with van der Waals surface area (Å²) in [6.45, 7) is 3.63. The number of likely N-dealkylation sites (tertiary alicyclic amines) is 1. The quantitative estimate of drug-likeness (QED) is 0.830. The fraction of sp³-hybridized carbons (Fsp3) is 0.438. The summed E-state index contributed by atoms with van der Waals surface area (Å²) in [6, 6.07) is 5.56. The van der Waals surface area contributed by atoms with Crippen molar-refractivity contribution >= 4 is 34.9 Å². The van der Waals surface area contributed by atoms with Crippen molar-refractivity contribution in [1.82, 2.24) is 9.80 Å². The summed E-state index contributed by atoms with van der Waals surface area (Å²) in [5.41, 5.74) is 0.599. The van der Waals surface area contributed by atoms with E-state index in [1.807, 2.05) is 4.90 Å². The predicted octanol–water partition coefficient (Wildman–Crippen LogP) is 3.86. The molecule has 2 amide bonds. The number of anilines is 1. The molecular formula is C16H19Cl2N3O. The molecular weight excluding hydrogens is 321 g/mol. The lowest BCUT2D eigenvalue weighted by atomic mass is 10.0. The molecule has 0 aliphatic carbocycles. The van der Waals surface area contributed by atoms with Gasteiger partial charge in [0.15, 0.2) is 0 Å². The highest BCUT2D eigenvalue weighted by atomic mass is 35.5. The average Bonchev–Trinajstić information content (AvgIpc) is 3.04. The molecule has 1 N–H and O–H groups in total. The molecule has 0 bridgehead atoms. The van der Waals surface area contributed by atoms with E-state index in [0.29, 0.717) is 21.8 Å². The third kappa shape index (κ3) is 3.57. The molecule has 6 heteroatoms. The normalized spacial score (nSPS) is 19.6. The molecule has 1 fully saturated rings. The summed E-state index contributed by atoms with van der Waals surface area (Å²) < 4.78 is 0. The second kappa shape index (κ2) is 6.90. The van der Waals surface area contributed by atoms with Crippen LogP contribution >= 0.6 is 23.2 Å². The smallest absolute Gasteiger partial charge is 0.321 e. The topological polar surface area (TPSA) is 35.6 Å². The average molecular weight is 340 g/mol. The van der Waals surface area contributed by atoms with Crippen molar-refractivity contribution in [3.8, 4) is 0 Å². The molecule has 0 radical (unpaired) electrons. The van der Waals surface area contributed by atoms with E-state index in [1.165, 1.54) is 0 Å². The maximum atomic E-state index is 12.3. The van der Waals surface area contributed by atoms with Gasteiger partial charge in [0.25, 0.3) is 0 Å². The zero-order chi connectivity index (χ0) is 15.5. The van der Waals surface area contributed by atoms with Crippen molar-refractivity contribution in [3.63, 3.8) is 0 Å². The molecule has 3 rings (SSSR count). The fourth-order valence-corrected chi connectivity index (χ4v) is 3.47. The number of amides is 2. The van der Waals surface area contributed by atoms with Crippen LogP contribution < -0.4 is 5.32 Å². The number of piperidine rings is 1. The van der Waals surface area contributed by atoms with Crippen LogP contribution in [-0.4, -0.2) is 48.1 Å². The van der Waals surface area contributed by atoms with Gasteiger partial charge in [0.1, 0.15) is 0 Å². The molecule has 2 aliphatic rings. The molecule has 2 heterocycles. The minimum absolute atomic E-state index is 0.0952. The Morgan fingerprint density at radius 2 is 1.82 bits per heavy atom. The number of halogens is 2. The van der Waals surface area contributed by atoms with Gasteiger partial charge in [-0.1, -0.05) is 35.4 Å². The Kier molecular flexibility index (Phi) is 4.91. The number of carbonyl (C=O) groups is 1. The lowest BCUT2D eigenvalue weighted by Gasteiger charge is -2.36. The molecule has 1 aromatic rings. The van der Waals surface area contributed by atoms with Gasteiger partial charge in [-0.3, -0.25) is 4.90 Å². The first-order valence-corrected chi connectivity index (χ1v) is 8.29.